The van der Waals surface area contributed by atoms with Crippen LogP contribution in [0.15, 0.2) is 42.5 Å². The normalized spacial score (nSPS) is 13.4. The van der Waals surface area contributed by atoms with Gasteiger partial charge in [0, 0.05) is 5.56 Å². The summed E-state index contributed by atoms with van der Waals surface area (Å²) in [5.41, 5.74) is 5.84. The Bertz CT molecular complexity index is 582. The molecule has 3 heteroatoms. The van der Waals surface area contributed by atoms with Crippen molar-refractivity contribution in [3.63, 3.8) is 0 Å². The minimum absolute atomic E-state index is 0.731. The molecule has 0 amide bonds. The second-order valence-corrected chi connectivity index (χ2v) is 6.48. The summed E-state index contributed by atoms with van der Waals surface area (Å²) in [6, 6.07) is 14.3. The van der Waals surface area contributed by atoms with E-state index in [-0.39, 0.29) is 0 Å². The monoisotopic (exact) mass is 282 g/mol. The molecule has 0 fully saturated rings. The molecule has 0 saturated carbocycles. The summed E-state index contributed by atoms with van der Waals surface area (Å²) in [5, 5.41) is 0. The molecule has 2 aromatic rings. The third-order valence-electron chi connectivity index (χ3n) is 3.12. The highest BCUT2D eigenvalue weighted by atomic mass is 35.6. The van der Waals surface area contributed by atoms with Crippen LogP contribution < -0.4 is 0 Å². The quantitative estimate of drug-likeness (QED) is 0.504. The summed E-state index contributed by atoms with van der Waals surface area (Å²) in [6.45, 7) is 0. The molecule has 0 radical (unpaired) electrons. The summed E-state index contributed by atoms with van der Waals surface area (Å²) in [4.78, 5) is 0. The second-order valence-electron chi connectivity index (χ2n) is 4.20. The van der Waals surface area contributed by atoms with Gasteiger partial charge >= 0.3 is 0 Å². The number of fused-ring (bicyclic) bond motifs is 3. The molecule has 0 spiro atoms. The SMILES string of the molecule is ClC(Cl)(Cl)c1ccc2c(c1)Cc1ccccc1-2. The van der Waals surface area contributed by atoms with E-state index in [0.717, 1.165) is 12.0 Å². The molecular formula is C14H9Cl3. The summed E-state index contributed by atoms with van der Waals surface area (Å²) in [5.74, 6) is 0. The van der Waals surface area contributed by atoms with Gasteiger partial charge in [-0.05, 0) is 28.7 Å². The van der Waals surface area contributed by atoms with Crippen LogP contribution in [-0.2, 0) is 10.2 Å². The first-order valence-corrected chi connectivity index (χ1v) is 6.47. The molecule has 0 saturated heterocycles. The van der Waals surface area contributed by atoms with Gasteiger partial charge in [-0.25, -0.2) is 0 Å². The molecule has 0 aromatic heterocycles. The Morgan fingerprint density at radius 2 is 1.53 bits per heavy atom. The van der Waals surface area contributed by atoms with Gasteiger partial charge in [0.05, 0.1) is 0 Å². The van der Waals surface area contributed by atoms with Gasteiger partial charge in [-0.1, -0.05) is 77.3 Å². The van der Waals surface area contributed by atoms with Crippen LogP contribution in [0.2, 0.25) is 0 Å². The first-order valence-electron chi connectivity index (χ1n) is 5.34. The zero-order valence-electron chi connectivity index (χ0n) is 8.88. The van der Waals surface area contributed by atoms with Crippen LogP contribution in [-0.4, -0.2) is 0 Å². The Kier molecular flexibility index (Phi) is 2.62. The lowest BCUT2D eigenvalue weighted by Gasteiger charge is -2.12. The van der Waals surface area contributed by atoms with Crippen molar-refractivity contribution < 1.29 is 0 Å². The zero-order valence-corrected chi connectivity index (χ0v) is 11.2. The average molecular weight is 284 g/mol. The van der Waals surface area contributed by atoms with Gasteiger partial charge < -0.3 is 0 Å². The predicted octanol–water partition coefficient (Wildman–Crippen LogP) is 5.08. The van der Waals surface area contributed by atoms with Crippen molar-refractivity contribution in [3.8, 4) is 11.1 Å². The molecule has 2 aromatic carbocycles. The van der Waals surface area contributed by atoms with Crippen molar-refractivity contribution in [3.05, 3.63) is 59.2 Å². The Labute approximate surface area is 115 Å². The summed E-state index contributed by atoms with van der Waals surface area (Å²) in [6.07, 6.45) is 0.917. The topological polar surface area (TPSA) is 0 Å². The maximum atomic E-state index is 5.90. The van der Waals surface area contributed by atoms with E-state index in [1.807, 2.05) is 18.2 Å². The van der Waals surface area contributed by atoms with E-state index in [4.69, 9.17) is 34.8 Å². The fraction of sp³-hybridized carbons (Fsp3) is 0.143. The number of hydrogen-bond donors (Lipinski definition) is 0. The van der Waals surface area contributed by atoms with Gasteiger partial charge in [0.15, 0.2) is 0 Å². The van der Waals surface area contributed by atoms with Gasteiger partial charge in [0.2, 0.25) is 3.79 Å². The first kappa shape index (κ1) is 11.4. The summed E-state index contributed by atoms with van der Waals surface area (Å²) in [7, 11) is 0. The van der Waals surface area contributed by atoms with Crippen molar-refractivity contribution in [2.45, 2.75) is 10.2 Å². The Morgan fingerprint density at radius 3 is 2.29 bits per heavy atom. The number of benzene rings is 2. The Hall–Kier alpha value is -0.690. The lowest BCUT2D eigenvalue weighted by molar-refractivity contribution is 1.19. The lowest BCUT2D eigenvalue weighted by Crippen LogP contribution is -2.00. The van der Waals surface area contributed by atoms with Gasteiger partial charge in [-0.15, -0.1) is 0 Å². The van der Waals surface area contributed by atoms with Crippen LogP contribution >= 0.6 is 34.8 Å². The lowest BCUT2D eigenvalue weighted by atomic mass is 10.0. The molecule has 86 valence electrons. The predicted molar refractivity (Wildman–Crippen MR) is 73.9 cm³/mol. The van der Waals surface area contributed by atoms with Crippen molar-refractivity contribution in [1.29, 1.82) is 0 Å². The van der Waals surface area contributed by atoms with E-state index < -0.39 is 3.79 Å². The largest absolute Gasteiger partial charge is 0.216 e. The van der Waals surface area contributed by atoms with E-state index in [1.165, 1.54) is 22.3 Å². The molecule has 3 rings (SSSR count). The second kappa shape index (κ2) is 3.91. The molecule has 0 nitrogen and oxygen atoms in total. The third kappa shape index (κ3) is 1.95. The number of halogens is 3. The van der Waals surface area contributed by atoms with Crippen LogP contribution in [0, 0.1) is 0 Å². The molecule has 0 N–H and O–H groups in total. The van der Waals surface area contributed by atoms with E-state index in [1.54, 1.807) is 0 Å². The molecule has 0 atom stereocenters. The van der Waals surface area contributed by atoms with E-state index >= 15 is 0 Å². The van der Waals surface area contributed by atoms with E-state index in [9.17, 15) is 0 Å². The molecule has 1 aliphatic rings. The van der Waals surface area contributed by atoms with Crippen LogP contribution in [0.1, 0.15) is 16.7 Å². The van der Waals surface area contributed by atoms with E-state index in [2.05, 4.69) is 24.3 Å². The maximum absolute atomic E-state index is 5.90. The molecule has 0 unspecified atom stereocenters. The first-order chi connectivity index (χ1) is 8.05. The zero-order chi connectivity index (χ0) is 12.0. The van der Waals surface area contributed by atoms with Crippen molar-refractivity contribution in [2.24, 2.45) is 0 Å². The Morgan fingerprint density at radius 1 is 0.824 bits per heavy atom. The molecular weight excluding hydrogens is 275 g/mol. The van der Waals surface area contributed by atoms with Crippen LogP contribution in [0.3, 0.4) is 0 Å². The molecule has 0 bridgehead atoms. The minimum Gasteiger partial charge on any atom is -0.0784 e. The highest BCUT2D eigenvalue weighted by Crippen LogP contribution is 2.42. The molecule has 1 aliphatic carbocycles. The third-order valence-corrected chi connectivity index (χ3v) is 3.78. The smallest absolute Gasteiger partial charge is 0.0784 e. The molecule has 0 aliphatic heterocycles. The highest BCUT2D eigenvalue weighted by Gasteiger charge is 2.25. The number of alkyl halides is 3. The average Bonchev–Trinajstić information content (AvgIpc) is 2.65. The van der Waals surface area contributed by atoms with Gasteiger partial charge in [0.25, 0.3) is 0 Å². The van der Waals surface area contributed by atoms with Crippen molar-refractivity contribution >= 4 is 34.8 Å². The minimum atomic E-state index is -1.34. The molecule has 17 heavy (non-hydrogen) atoms. The van der Waals surface area contributed by atoms with Gasteiger partial charge in [-0.3, -0.25) is 0 Å². The molecule has 0 heterocycles. The van der Waals surface area contributed by atoms with Crippen LogP contribution in [0.5, 0.6) is 0 Å². The van der Waals surface area contributed by atoms with Crippen LogP contribution in [0.4, 0.5) is 0 Å². The fourth-order valence-electron chi connectivity index (χ4n) is 2.32. The number of hydrogen-bond acceptors (Lipinski definition) is 0. The van der Waals surface area contributed by atoms with Crippen molar-refractivity contribution in [2.75, 3.05) is 0 Å². The van der Waals surface area contributed by atoms with E-state index in [0.29, 0.717) is 0 Å². The van der Waals surface area contributed by atoms with Gasteiger partial charge in [0.1, 0.15) is 0 Å². The fourth-order valence-corrected chi connectivity index (χ4v) is 2.67. The highest BCUT2D eigenvalue weighted by molar-refractivity contribution is 6.66. The number of rotatable bonds is 0. The Balaban J connectivity index is 2.13. The van der Waals surface area contributed by atoms with Gasteiger partial charge in [-0.2, -0.15) is 0 Å². The summed E-state index contributed by atoms with van der Waals surface area (Å²) < 4.78 is -1.34. The standard InChI is InChI=1S/C14H9Cl3/c15-14(16,17)11-5-6-13-10(8-11)7-9-3-1-2-4-12(9)13/h1-6,8H,7H2. The van der Waals surface area contributed by atoms with Crippen molar-refractivity contribution in [1.82, 2.24) is 0 Å². The maximum Gasteiger partial charge on any atom is 0.216 e. The summed E-state index contributed by atoms with van der Waals surface area (Å²) >= 11 is 17.7. The van der Waals surface area contributed by atoms with Crippen LogP contribution in [0.25, 0.3) is 11.1 Å².